The van der Waals surface area contributed by atoms with E-state index in [1.807, 2.05) is 25.1 Å². The molecule has 0 saturated heterocycles. The number of nitrogens with one attached hydrogen (secondary N) is 1. The quantitative estimate of drug-likeness (QED) is 0.821. The Morgan fingerprint density at radius 1 is 1.18 bits per heavy atom. The lowest BCUT2D eigenvalue weighted by Gasteiger charge is -2.15. The number of unbranched alkanes of at least 4 members (excludes halogenated alkanes) is 1. The van der Waals surface area contributed by atoms with Crippen LogP contribution < -0.4 is 4.72 Å². The van der Waals surface area contributed by atoms with Gasteiger partial charge in [0.1, 0.15) is 6.04 Å². The van der Waals surface area contributed by atoms with Crippen molar-refractivity contribution in [2.75, 3.05) is 0 Å². The Kier molecular flexibility index (Phi) is 5.15. The molecule has 0 aliphatic heterocycles. The van der Waals surface area contributed by atoms with Crippen LogP contribution in [0.1, 0.15) is 26.2 Å². The highest BCUT2D eigenvalue weighted by Gasteiger charge is 2.25. The smallest absolute Gasteiger partial charge is 0.321 e. The van der Waals surface area contributed by atoms with E-state index in [1.165, 1.54) is 6.07 Å². The standard InChI is InChI=1S/C16H19NO4S/c1-2-3-10-14(16(18)19)17-22(20,21)15-11-6-8-12-7-4-5-9-13(12)15/h4-9,11,14,17H,2-3,10H2,1H3,(H,18,19)/t14-/m0/s1. The topological polar surface area (TPSA) is 83.5 Å². The molecule has 0 aliphatic carbocycles. The maximum atomic E-state index is 12.5. The number of carbonyl (C=O) groups is 1. The normalized spacial score (nSPS) is 13.1. The van der Waals surface area contributed by atoms with E-state index >= 15 is 0 Å². The molecule has 0 spiro atoms. The molecule has 0 unspecified atom stereocenters. The molecule has 2 aromatic rings. The first-order valence-electron chi connectivity index (χ1n) is 7.18. The summed E-state index contributed by atoms with van der Waals surface area (Å²) in [7, 11) is -3.89. The van der Waals surface area contributed by atoms with Gasteiger partial charge in [0.2, 0.25) is 10.0 Å². The van der Waals surface area contributed by atoms with Crippen LogP contribution in [0.3, 0.4) is 0 Å². The fourth-order valence-corrected chi connectivity index (χ4v) is 3.78. The lowest BCUT2D eigenvalue weighted by atomic mass is 10.1. The van der Waals surface area contributed by atoms with Gasteiger partial charge in [0.15, 0.2) is 0 Å². The number of rotatable bonds is 7. The van der Waals surface area contributed by atoms with Gasteiger partial charge in [0, 0.05) is 5.39 Å². The number of carboxylic acids is 1. The zero-order valence-corrected chi connectivity index (χ0v) is 13.1. The van der Waals surface area contributed by atoms with Crippen LogP contribution in [0, 0.1) is 0 Å². The van der Waals surface area contributed by atoms with Crippen molar-refractivity contribution < 1.29 is 18.3 Å². The van der Waals surface area contributed by atoms with Crippen molar-refractivity contribution in [1.82, 2.24) is 4.72 Å². The summed E-state index contributed by atoms with van der Waals surface area (Å²) in [5.41, 5.74) is 0. The van der Waals surface area contributed by atoms with Crippen molar-refractivity contribution in [3.8, 4) is 0 Å². The van der Waals surface area contributed by atoms with Gasteiger partial charge in [0.25, 0.3) is 0 Å². The Morgan fingerprint density at radius 2 is 1.86 bits per heavy atom. The lowest BCUT2D eigenvalue weighted by Crippen LogP contribution is -2.40. The van der Waals surface area contributed by atoms with Crippen molar-refractivity contribution in [2.24, 2.45) is 0 Å². The van der Waals surface area contributed by atoms with E-state index in [2.05, 4.69) is 4.72 Å². The molecule has 0 fully saturated rings. The zero-order valence-electron chi connectivity index (χ0n) is 12.3. The number of hydrogen-bond acceptors (Lipinski definition) is 3. The zero-order chi connectivity index (χ0) is 16.2. The lowest BCUT2D eigenvalue weighted by molar-refractivity contribution is -0.139. The molecular weight excluding hydrogens is 302 g/mol. The van der Waals surface area contributed by atoms with Gasteiger partial charge >= 0.3 is 5.97 Å². The third kappa shape index (κ3) is 3.64. The SMILES string of the molecule is CCCC[C@H](NS(=O)(=O)c1cccc2ccccc12)C(=O)O. The maximum Gasteiger partial charge on any atom is 0.321 e. The summed E-state index contributed by atoms with van der Waals surface area (Å²) < 4.78 is 27.4. The molecule has 0 radical (unpaired) electrons. The summed E-state index contributed by atoms with van der Waals surface area (Å²) in [5, 5.41) is 10.6. The number of aliphatic carboxylic acids is 1. The summed E-state index contributed by atoms with van der Waals surface area (Å²) in [6.07, 6.45) is 1.73. The van der Waals surface area contributed by atoms with Crippen LogP contribution in [0.25, 0.3) is 10.8 Å². The molecule has 0 amide bonds. The molecular formula is C16H19NO4S. The highest BCUT2D eigenvalue weighted by Crippen LogP contribution is 2.23. The predicted molar refractivity (Wildman–Crippen MR) is 85.2 cm³/mol. The highest BCUT2D eigenvalue weighted by atomic mass is 32.2. The third-order valence-corrected chi connectivity index (χ3v) is 5.01. The summed E-state index contributed by atoms with van der Waals surface area (Å²) in [6.45, 7) is 1.93. The molecule has 0 aliphatic rings. The molecule has 2 N–H and O–H groups in total. The van der Waals surface area contributed by atoms with E-state index in [9.17, 15) is 18.3 Å². The number of hydrogen-bond donors (Lipinski definition) is 2. The van der Waals surface area contributed by atoms with Crippen LogP contribution in [0.15, 0.2) is 47.4 Å². The summed E-state index contributed by atoms with van der Waals surface area (Å²) in [5.74, 6) is -1.16. The predicted octanol–water partition coefficient (Wildman–Crippen LogP) is 2.76. The van der Waals surface area contributed by atoms with Crippen molar-refractivity contribution in [2.45, 2.75) is 37.1 Å². The Hall–Kier alpha value is -1.92. The Balaban J connectivity index is 2.38. The minimum Gasteiger partial charge on any atom is -0.480 e. The van der Waals surface area contributed by atoms with Crippen LogP contribution in [-0.2, 0) is 14.8 Å². The number of fused-ring (bicyclic) bond motifs is 1. The van der Waals surface area contributed by atoms with Gasteiger partial charge in [-0.1, -0.05) is 56.2 Å². The fraction of sp³-hybridized carbons (Fsp3) is 0.312. The largest absolute Gasteiger partial charge is 0.480 e. The summed E-state index contributed by atoms with van der Waals surface area (Å²) >= 11 is 0. The van der Waals surface area contributed by atoms with Gasteiger partial charge in [-0.05, 0) is 17.9 Å². The molecule has 22 heavy (non-hydrogen) atoms. The monoisotopic (exact) mass is 321 g/mol. The number of benzene rings is 2. The molecule has 1 atom stereocenters. The number of sulfonamides is 1. The maximum absolute atomic E-state index is 12.5. The molecule has 2 rings (SSSR count). The van der Waals surface area contributed by atoms with Gasteiger partial charge in [-0.2, -0.15) is 4.72 Å². The van der Waals surface area contributed by atoms with Gasteiger partial charge < -0.3 is 5.11 Å². The molecule has 6 heteroatoms. The average Bonchev–Trinajstić information content (AvgIpc) is 2.50. The summed E-state index contributed by atoms with van der Waals surface area (Å²) in [4.78, 5) is 11.4. The van der Waals surface area contributed by atoms with Crippen LogP contribution in [0.5, 0.6) is 0 Å². The van der Waals surface area contributed by atoms with Crippen molar-refractivity contribution >= 4 is 26.8 Å². The molecule has 118 valence electrons. The molecule has 0 saturated carbocycles. The Morgan fingerprint density at radius 3 is 2.55 bits per heavy atom. The highest BCUT2D eigenvalue weighted by molar-refractivity contribution is 7.89. The fourth-order valence-electron chi connectivity index (χ4n) is 2.32. The van der Waals surface area contributed by atoms with E-state index in [0.717, 1.165) is 11.8 Å². The number of carboxylic acid groups (broad SMARTS) is 1. The second-order valence-corrected chi connectivity index (χ2v) is 6.81. The minimum atomic E-state index is -3.89. The van der Waals surface area contributed by atoms with E-state index in [1.54, 1.807) is 18.2 Å². The average molecular weight is 321 g/mol. The second kappa shape index (κ2) is 6.89. The van der Waals surface area contributed by atoms with Gasteiger partial charge in [0.05, 0.1) is 4.90 Å². The van der Waals surface area contributed by atoms with E-state index in [-0.39, 0.29) is 11.3 Å². The van der Waals surface area contributed by atoms with Crippen molar-refractivity contribution in [3.63, 3.8) is 0 Å². The molecule has 0 bridgehead atoms. The van der Waals surface area contributed by atoms with Crippen LogP contribution in [-0.4, -0.2) is 25.5 Å². The second-order valence-electron chi connectivity index (χ2n) is 5.13. The minimum absolute atomic E-state index is 0.105. The Labute approximate surface area is 130 Å². The van der Waals surface area contributed by atoms with Gasteiger partial charge in [-0.25, -0.2) is 8.42 Å². The first-order chi connectivity index (χ1) is 10.5. The van der Waals surface area contributed by atoms with Crippen molar-refractivity contribution in [1.29, 1.82) is 0 Å². The molecule has 2 aromatic carbocycles. The van der Waals surface area contributed by atoms with Crippen LogP contribution >= 0.6 is 0 Å². The third-order valence-electron chi connectivity index (χ3n) is 3.48. The van der Waals surface area contributed by atoms with Crippen LogP contribution in [0.2, 0.25) is 0 Å². The molecule has 0 aromatic heterocycles. The molecule has 5 nitrogen and oxygen atoms in total. The van der Waals surface area contributed by atoms with Crippen LogP contribution in [0.4, 0.5) is 0 Å². The van der Waals surface area contributed by atoms with Crippen molar-refractivity contribution in [3.05, 3.63) is 42.5 Å². The van der Waals surface area contributed by atoms with E-state index in [4.69, 9.17) is 0 Å². The van der Waals surface area contributed by atoms with Gasteiger partial charge in [-0.15, -0.1) is 0 Å². The molecule has 0 heterocycles. The first kappa shape index (κ1) is 16.5. The van der Waals surface area contributed by atoms with E-state index in [0.29, 0.717) is 11.8 Å². The van der Waals surface area contributed by atoms with Gasteiger partial charge in [-0.3, -0.25) is 4.79 Å². The first-order valence-corrected chi connectivity index (χ1v) is 8.67. The van der Waals surface area contributed by atoms with E-state index < -0.39 is 22.0 Å². The Bertz CT molecular complexity index is 765. The summed E-state index contributed by atoms with van der Waals surface area (Å²) in [6, 6.07) is 11.0.